The Kier molecular flexibility index (Phi) is 6.67. The van der Waals surface area contributed by atoms with Crippen molar-refractivity contribution in [1.29, 1.82) is 0 Å². The Balaban J connectivity index is 2.21. The van der Waals surface area contributed by atoms with E-state index in [1.807, 2.05) is 6.92 Å². The van der Waals surface area contributed by atoms with Crippen LogP contribution < -0.4 is 10.6 Å². The molecule has 1 aromatic rings. The third kappa shape index (κ3) is 5.56. The highest BCUT2D eigenvalue weighted by Gasteiger charge is 2.09. The highest BCUT2D eigenvalue weighted by Crippen LogP contribution is 2.08. The second-order valence-electron chi connectivity index (χ2n) is 4.07. The highest BCUT2D eigenvalue weighted by atomic mass is 16.5. The molecule has 0 aliphatic heterocycles. The second kappa shape index (κ2) is 8.31. The summed E-state index contributed by atoms with van der Waals surface area (Å²) in [5, 5.41) is 5.87. The van der Waals surface area contributed by atoms with E-state index in [1.165, 1.54) is 13.4 Å². The van der Waals surface area contributed by atoms with Gasteiger partial charge in [-0.1, -0.05) is 6.92 Å². The Labute approximate surface area is 112 Å². The molecule has 0 aliphatic carbocycles. The third-order valence-corrected chi connectivity index (χ3v) is 2.48. The fourth-order valence-corrected chi connectivity index (χ4v) is 1.46. The molecule has 0 radical (unpaired) electrons. The highest BCUT2D eigenvalue weighted by molar-refractivity contribution is 5.88. The molecule has 1 amide bonds. The predicted molar refractivity (Wildman–Crippen MR) is 69.7 cm³/mol. The number of rotatable bonds is 8. The van der Waals surface area contributed by atoms with Gasteiger partial charge in [0.25, 0.3) is 0 Å². The molecule has 6 heteroatoms. The lowest BCUT2D eigenvalue weighted by Crippen LogP contribution is -2.27. The first-order valence-electron chi connectivity index (χ1n) is 6.30. The lowest BCUT2D eigenvalue weighted by atomic mass is 10.3. The molecule has 0 saturated carbocycles. The van der Waals surface area contributed by atoms with Crippen molar-refractivity contribution >= 4 is 11.9 Å². The van der Waals surface area contributed by atoms with Crippen LogP contribution in [0.3, 0.4) is 0 Å². The monoisotopic (exact) mass is 268 g/mol. The lowest BCUT2D eigenvalue weighted by Gasteiger charge is -2.04. The maximum absolute atomic E-state index is 11.3. The summed E-state index contributed by atoms with van der Waals surface area (Å²) in [5.41, 5.74) is 0.389. The van der Waals surface area contributed by atoms with Gasteiger partial charge in [0.15, 0.2) is 0 Å². The fraction of sp³-hybridized carbons (Fsp3) is 0.538. The van der Waals surface area contributed by atoms with Crippen molar-refractivity contribution in [2.75, 3.05) is 20.2 Å². The minimum atomic E-state index is -0.422. The van der Waals surface area contributed by atoms with E-state index in [-0.39, 0.29) is 5.91 Å². The third-order valence-electron chi connectivity index (χ3n) is 2.48. The quantitative estimate of drug-likeness (QED) is 0.544. The Morgan fingerprint density at radius 3 is 2.84 bits per heavy atom. The minimum absolute atomic E-state index is 0.0315. The second-order valence-corrected chi connectivity index (χ2v) is 4.07. The van der Waals surface area contributed by atoms with Crippen molar-refractivity contribution in [2.24, 2.45) is 0 Å². The summed E-state index contributed by atoms with van der Waals surface area (Å²) in [6.45, 7) is 3.75. The van der Waals surface area contributed by atoms with Gasteiger partial charge in [-0.15, -0.1) is 0 Å². The summed E-state index contributed by atoms with van der Waals surface area (Å²) in [4.78, 5) is 22.5. The van der Waals surface area contributed by atoms with Gasteiger partial charge >= 0.3 is 5.97 Å². The van der Waals surface area contributed by atoms with Gasteiger partial charge in [0.2, 0.25) is 5.91 Å². The number of ether oxygens (including phenoxy) is 1. The maximum atomic E-state index is 11.3. The van der Waals surface area contributed by atoms with Crippen LogP contribution in [0.5, 0.6) is 0 Å². The summed E-state index contributed by atoms with van der Waals surface area (Å²) in [7, 11) is 1.32. The smallest absolute Gasteiger partial charge is 0.341 e. The predicted octanol–water partition coefficient (Wildman–Crippen LogP) is 1.07. The molecule has 0 spiro atoms. The molecule has 1 aromatic heterocycles. The molecule has 0 bridgehead atoms. The van der Waals surface area contributed by atoms with Crippen molar-refractivity contribution < 1.29 is 18.7 Å². The number of carbonyl (C=O) groups is 2. The zero-order valence-electron chi connectivity index (χ0n) is 11.3. The molecule has 1 heterocycles. The molecule has 0 unspecified atom stereocenters. The van der Waals surface area contributed by atoms with Crippen LogP contribution in [0.15, 0.2) is 16.7 Å². The Morgan fingerprint density at radius 1 is 1.37 bits per heavy atom. The van der Waals surface area contributed by atoms with E-state index in [1.54, 1.807) is 6.07 Å². The van der Waals surface area contributed by atoms with Crippen molar-refractivity contribution in [3.05, 3.63) is 23.7 Å². The first-order valence-corrected chi connectivity index (χ1v) is 6.30. The van der Waals surface area contributed by atoms with E-state index < -0.39 is 5.97 Å². The van der Waals surface area contributed by atoms with Crippen molar-refractivity contribution in [3.63, 3.8) is 0 Å². The van der Waals surface area contributed by atoms with E-state index in [2.05, 4.69) is 15.4 Å². The summed E-state index contributed by atoms with van der Waals surface area (Å²) in [6.07, 6.45) is 2.71. The zero-order chi connectivity index (χ0) is 14.1. The zero-order valence-corrected chi connectivity index (χ0v) is 11.3. The molecular formula is C13H20N2O4. The normalized spacial score (nSPS) is 10.2. The molecule has 0 aliphatic rings. The standard InChI is InChI=1S/C13H20N2O4/c1-3-5-15-12(16)4-6-14-8-11-7-10(9-19-11)13(17)18-2/h7,9,14H,3-6,8H2,1-2H3,(H,15,16). The number of carbonyl (C=O) groups excluding carboxylic acids is 2. The van der Waals surface area contributed by atoms with Crippen LogP contribution in [0.1, 0.15) is 35.9 Å². The number of hydrogen-bond donors (Lipinski definition) is 2. The summed E-state index contributed by atoms with van der Waals surface area (Å²) in [5.74, 6) is 0.243. The Hall–Kier alpha value is -1.82. The summed E-state index contributed by atoms with van der Waals surface area (Å²) < 4.78 is 9.77. The molecule has 6 nitrogen and oxygen atoms in total. The number of amides is 1. The Morgan fingerprint density at radius 2 is 2.16 bits per heavy atom. The van der Waals surface area contributed by atoms with Gasteiger partial charge < -0.3 is 19.8 Å². The van der Waals surface area contributed by atoms with Crippen LogP contribution in [-0.2, 0) is 16.1 Å². The molecule has 0 atom stereocenters. The lowest BCUT2D eigenvalue weighted by molar-refractivity contribution is -0.121. The average molecular weight is 268 g/mol. The first kappa shape index (κ1) is 15.2. The van der Waals surface area contributed by atoms with Crippen LogP contribution in [0, 0.1) is 0 Å². The fourth-order valence-electron chi connectivity index (χ4n) is 1.46. The van der Waals surface area contributed by atoms with E-state index in [4.69, 9.17) is 4.42 Å². The van der Waals surface area contributed by atoms with Crippen LogP contribution in [0.2, 0.25) is 0 Å². The number of esters is 1. The van der Waals surface area contributed by atoms with Gasteiger partial charge in [-0.05, 0) is 12.5 Å². The van der Waals surface area contributed by atoms with Gasteiger partial charge in [-0.3, -0.25) is 4.79 Å². The van der Waals surface area contributed by atoms with Gasteiger partial charge in [0.05, 0.1) is 19.2 Å². The van der Waals surface area contributed by atoms with Crippen LogP contribution in [-0.4, -0.2) is 32.1 Å². The van der Waals surface area contributed by atoms with Crippen LogP contribution >= 0.6 is 0 Å². The number of methoxy groups -OCH3 is 1. The molecule has 106 valence electrons. The van der Waals surface area contributed by atoms with E-state index in [0.29, 0.717) is 37.4 Å². The minimum Gasteiger partial charge on any atom is -0.467 e. The average Bonchev–Trinajstić information content (AvgIpc) is 2.89. The molecule has 0 fully saturated rings. The molecule has 2 N–H and O–H groups in total. The summed E-state index contributed by atoms with van der Waals surface area (Å²) in [6, 6.07) is 1.62. The SMILES string of the molecule is CCCNC(=O)CCNCc1cc(C(=O)OC)co1. The van der Waals surface area contributed by atoms with Gasteiger partial charge in [0, 0.05) is 19.5 Å². The van der Waals surface area contributed by atoms with Crippen LogP contribution in [0.25, 0.3) is 0 Å². The first-order chi connectivity index (χ1) is 9.17. The maximum Gasteiger partial charge on any atom is 0.341 e. The topological polar surface area (TPSA) is 80.6 Å². The van der Waals surface area contributed by atoms with Crippen molar-refractivity contribution in [3.8, 4) is 0 Å². The Bertz CT molecular complexity index is 415. The van der Waals surface area contributed by atoms with Crippen LogP contribution in [0.4, 0.5) is 0 Å². The largest absolute Gasteiger partial charge is 0.467 e. The van der Waals surface area contributed by atoms with Crippen molar-refractivity contribution in [2.45, 2.75) is 26.3 Å². The number of nitrogens with one attached hydrogen (secondary N) is 2. The van der Waals surface area contributed by atoms with E-state index in [0.717, 1.165) is 6.42 Å². The van der Waals surface area contributed by atoms with Gasteiger partial charge in [-0.2, -0.15) is 0 Å². The summed E-state index contributed by atoms with van der Waals surface area (Å²) >= 11 is 0. The van der Waals surface area contributed by atoms with Crippen molar-refractivity contribution in [1.82, 2.24) is 10.6 Å². The van der Waals surface area contributed by atoms with E-state index in [9.17, 15) is 9.59 Å². The van der Waals surface area contributed by atoms with E-state index >= 15 is 0 Å². The number of hydrogen-bond acceptors (Lipinski definition) is 5. The molecular weight excluding hydrogens is 248 g/mol. The van der Waals surface area contributed by atoms with Gasteiger partial charge in [0.1, 0.15) is 12.0 Å². The van der Waals surface area contributed by atoms with Gasteiger partial charge in [-0.25, -0.2) is 4.79 Å². The molecule has 0 saturated heterocycles. The molecule has 19 heavy (non-hydrogen) atoms. The number of furan rings is 1. The molecule has 0 aromatic carbocycles. The molecule has 1 rings (SSSR count).